The maximum absolute atomic E-state index is 13.7. The molecule has 1 heterocycles. The van der Waals surface area contributed by atoms with E-state index in [0.29, 0.717) is 29.7 Å². The number of ether oxygens (including phenoxy) is 1. The van der Waals surface area contributed by atoms with E-state index in [0.717, 1.165) is 11.3 Å². The van der Waals surface area contributed by atoms with Crippen molar-refractivity contribution in [3.8, 4) is 5.75 Å². The molecule has 2 aromatic carbocycles. The van der Waals surface area contributed by atoms with Gasteiger partial charge in [-0.15, -0.1) is 0 Å². The molecule has 0 radical (unpaired) electrons. The van der Waals surface area contributed by atoms with Crippen molar-refractivity contribution in [3.63, 3.8) is 0 Å². The van der Waals surface area contributed by atoms with E-state index in [1.165, 1.54) is 12.1 Å². The first-order chi connectivity index (χ1) is 13.0. The Morgan fingerprint density at radius 3 is 2.56 bits per heavy atom. The summed E-state index contributed by atoms with van der Waals surface area (Å²) in [5.74, 6) is -0.148. The molecule has 0 saturated heterocycles. The summed E-state index contributed by atoms with van der Waals surface area (Å²) in [6.45, 7) is 0. The van der Waals surface area contributed by atoms with Crippen LogP contribution in [0, 0.1) is 5.82 Å². The number of carbonyl (C=O) groups excluding carboxylic acids is 2. The van der Waals surface area contributed by atoms with Gasteiger partial charge in [0.25, 0.3) is 0 Å². The van der Waals surface area contributed by atoms with Gasteiger partial charge >= 0.3 is 0 Å². The fraction of sp³-hybridized carbons (Fsp3) is 0.273. The molecule has 2 unspecified atom stereocenters. The number of Topliss-reactive ketones (excluding diaryl/α,β-unsaturated/α-hetero) is 1. The molecule has 4 nitrogen and oxygen atoms in total. The molecule has 4 rings (SSSR count). The van der Waals surface area contributed by atoms with Crippen molar-refractivity contribution in [2.45, 2.75) is 31.1 Å². The number of hydrogen-bond donors (Lipinski definition) is 1. The average Bonchev–Trinajstić information content (AvgIpc) is 2.67. The molecule has 0 bridgehead atoms. The molecule has 1 N–H and O–H groups in total. The van der Waals surface area contributed by atoms with Crippen molar-refractivity contribution in [1.82, 2.24) is 5.32 Å². The van der Waals surface area contributed by atoms with Crippen LogP contribution in [0.3, 0.4) is 0 Å². The van der Waals surface area contributed by atoms with E-state index >= 15 is 0 Å². The minimum absolute atomic E-state index is 0.0123. The number of allylic oxidation sites excluding steroid dienone is 2. The maximum Gasteiger partial charge on any atom is 0.225 e. The normalized spacial score (nSPS) is 22.3. The third kappa shape index (κ3) is 3.37. The molecule has 2 aromatic rings. The average molecular weight is 365 g/mol. The number of amides is 1. The summed E-state index contributed by atoms with van der Waals surface area (Å²) >= 11 is 0. The van der Waals surface area contributed by atoms with Gasteiger partial charge in [0.1, 0.15) is 11.6 Å². The van der Waals surface area contributed by atoms with Gasteiger partial charge in [0.2, 0.25) is 5.91 Å². The van der Waals surface area contributed by atoms with Crippen LogP contribution in [0.1, 0.15) is 42.2 Å². The molecule has 2 aliphatic rings. The summed E-state index contributed by atoms with van der Waals surface area (Å²) in [5, 5.41) is 2.89. The molecule has 5 heteroatoms. The zero-order chi connectivity index (χ0) is 19.0. The van der Waals surface area contributed by atoms with Crippen LogP contribution in [-0.4, -0.2) is 18.8 Å². The summed E-state index contributed by atoms with van der Waals surface area (Å²) in [7, 11) is 1.61. The van der Waals surface area contributed by atoms with Gasteiger partial charge in [0.05, 0.1) is 7.11 Å². The van der Waals surface area contributed by atoms with E-state index in [1.807, 2.05) is 24.3 Å². The first kappa shape index (κ1) is 17.5. The molecule has 1 aliphatic heterocycles. The third-order valence-electron chi connectivity index (χ3n) is 5.35. The SMILES string of the molecule is COc1cccc(C2CC(=O)C3=C(C2)NC(=O)CC3c2cccc(F)c2)c1. The quantitative estimate of drug-likeness (QED) is 0.899. The number of carbonyl (C=O) groups is 2. The highest BCUT2D eigenvalue weighted by molar-refractivity contribution is 6.02. The van der Waals surface area contributed by atoms with Gasteiger partial charge in [-0.2, -0.15) is 0 Å². The number of benzene rings is 2. The summed E-state index contributed by atoms with van der Waals surface area (Å²) in [4.78, 5) is 25.3. The zero-order valence-corrected chi connectivity index (χ0v) is 15.0. The Morgan fingerprint density at radius 2 is 1.78 bits per heavy atom. The Balaban J connectivity index is 1.71. The highest BCUT2D eigenvalue weighted by Gasteiger charge is 2.38. The molecule has 1 amide bonds. The number of rotatable bonds is 3. The zero-order valence-electron chi connectivity index (χ0n) is 15.0. The number of nitrogens with one attached hydrogen (secondary N) is 1. The predicted molar refractivity (Wildman–Crippen MR) is 98.9 cm³/mol. The smallest absolute Gasteiger partial charge is 0.225 e. The summed E-state index contributed by atoms with van der Waals surface area (Å²) in [5.41, 5.74) is 2.98. The number of halogens is 1. The Kier molecular flexibility index (Phi) is 4.52. The van der Waals surface area contributed by atoms with Gasteiger partial charge in [-0.25, -0.2) is 4.39 Å². The van der Waals surface area contributed by atoms with Crippen molar-refractivity contribution in [2.75, 3.05) is 7.11 Å². The van der Waals surface area contributed by atoms with E-state index in [4.69, 9.17) is 4.74 Å². The lowest BCUT2D eigenvalue weighted by molar-refractivity contribution is -0.122. The first-order valence-corrected chi connectivity index (χ1v) is 9.00. The largest absolute Gasteiger partial charge is 0.497 e. The molecule has 0 fully saturated rings. The van der Waals surface area contributed by atoms with Crippen molar-refractivity contribution in [1.29, 1.82) is 0 Å². The van der Waals surface area contributed by atoms with Crippen LogP contribution in [0.2, 0.25) is 0 Å². The second-order valence-electron chi connectivity index (χ2n) is 7.06. The van der Waals surface area contributed by atoms with Crippen molar-refractivity contribution < 1.29 is 18.7 Å². The van der Waals surface area contributed by atoms with Crippen LogP contribution < -0.4 is 10.1 Å². The van der Waals surface area contributed by atoms with E-state index in [9.17, 15) is 14.0 Å². The van der Waals surface area contributed by atoms with E-state index < -0.39 is 0 Å². The van der Waals surface area contributed by atoms with Crippen molar-refractivity contribution >= 4 is 11.7 Å². The fourth-order valence-electron chi connectivity index (χ4n) is 4.10. The molecule has 0 spiro atoms. The van der Waals surface area contributed by atoms with Crippen molar-refractivity contribution in [2.24, 2.45) is 0 Å². The third-order valence-corrected chi connectivity index (χ3v) is 5.35. The lowest BCUT2D eigenvalue weighted by Gasteiger charge is -2.34. The van der Waals surface area contributed by atoms with Gasteiger partial charge in [-0.1, -0.05) is 24.3 Å². The lowest BCUT2D eigenvalue weighted by Crippen LogP contribution is -2.38. The molecular weight excluding hydrogens is 345 g/mol. The van der Waals surface area contributed by atoms with Crippen LogP contribution >= 0.6 is 0 Å². The van der Waals surface area contributed by atoms with Crippen LogP contribution in [0.15, 0.2) is 59.8 Å². The summed E-state index contributed by atoms with van der Waals surface area (Å²) in [6.07, 6.45) is 1.11. The van der Waals surface area contributed by atoms with Gasteiger partial charge in [0, 0.05) is 30.0 Å². The predicted octanol–water partition coefficient (Wildman–Crippen LogP) is 3.84. The highest BCUT2D eigenvalue weighted by atomic mass is 19.1. The first-order valence-electron chi connectivity index (χ1n) is 9.00. The molecule has 138 valence electrons. The van der Waals surface area contributed by atoms with Crippen LogP contribution in [-0.2, 0) is 9.59 Å². The maximum atomic E-state index is 13.7. The van der Waals surface area contributed by atoms with Crippen LogP contribution in [0.25, 0.3) is 0 Å². The summed E-state index contributed by atoms with van der Waals surface area (Å²) < 4.78 is 19.0. The van der Waals surface area contributed by atoms with Gasteiger partial charge in [-0.05, 0) is 47.7 Å². The molecule has 27 heavy (non-hydrogen) atoms. The number of ketones is 1. The minimum Gasteiger partial charge on any atom is -0.497 e. The van der Waals surface area contributed by atoms with Crippen LogP contribution in [0.4, 0.5) is 4.39 Å². The Labute approximate surface area is 157 Å². The van der Waals surface area contributed by atoms with Crippen LogP contribution in [0.5, 0.6) is 5.75 Å². The van der Waals surface area contributed by atoms with Gasteiger partial charge in [-0.3, -0.25) is 9.59 Å². The molecule has 2 atom stereocenters. The molecule has 1 aliphatic carbocycles. The van der Waals surface area contributed by atoms with Crippen molar-refractivity contribution in [3.05, 3.63) is 76.7 Å². The Morgan fingerprint density at radius 1 is 1.00 bits per heavy atom. The highest BCUT2D eigenvalue weighted by Crippen LogP contribution is 2.42. The second kappa shape index (κ2) is 6.99. The topological polar surface area (TPSA) is 55.4 Å². The number of methoxy groups -OCH3 is 1. The molecule has 0 saturated carbocycles. The Hall–Kier alpha value is -2.95. The van der Waals surface area contributed by atoms with Gasteiger partial charge < -0.3 is 10.1 Å². The minimum atomic E-state index is -0.386. The van der Waals surface area contributed by atoms with E-state index in [1.54, 1.807) is 19.2 Å². The standard InChI is InChI=1S/C22H20FNO3/c1-27-17-7-3-4-13(9-17)15-10-19-22(20(25)11-15)18(12-21(26)24-19)14-5-2-6-16(23)8-14/h2-9,15,18H,10-12H2,1H3,(H,24,26). The fourth-order valence-corrected chi connectivity index (χ4v) is 4.10. The van der Waals surface area contributed by atoms with Gasteiger partial charge in [0.15, 0.2) is 5.78 Å². The van der Waals surface area contributed by atoms with E-state index in [2.05, 4.69) is 5.32 Å². The molecule has 0 aromatic heterocycles. The molecular formula is C22H20FNO3. The lowest BCUT2D eigenvalue weighted by atomic mass is 9.73. The monoisotopic (exact) mass is 365 g/mol. The Bertz CT molecular complexity index is 950. The van der Waals surface area contributed by atoms with E-state index in [-0.39, 0.29) is 35.8 Å². The summed E-state index contributed by atoms with van der Waals surface area (Å²) in [6, 6.07) is 13.8. The number of hydrogen-bond acceptors (Lipinski definition) is 3. The second-order valence-corrected chi connectivity index (χ2v) is 7.06.